The first kappa shape index (κ1) is 27.4. The third-order valence-corrected chi connectivity index (χ3v) is 4.61. The highest BCUT2D eigenvalue weighted by Crippen LogP contribution is 2.28. The van der Waals surface area contributed by atoms with Gasteiger partial charge in [-0.15, -0.1) is 0 Å². The summed E-state index contributed by atoms with van der Waals surface area (Å²) in [5.41, 5.74) is 0.371. The van der Waals surface area contributed by atoms with Gasteiger partial charge in [0, 0.05) is 39.4 Å². The molecule has 0 radical (unpaired) electrons. The van der Waals surface area contributed by atoms with E-state index in [4.69, 9.17) is 28.4 Å². The minimum atomic E-state index is -1.49. The highest BCUT2D eigenvalue weighted by Gasteiger charge is 2.52. The fourth-order valence-corrected chi connectivity index (χ4v) is 3.34. The molecule has 1 saturated heterocycles. The van der Waals surface area contributed by atoms with Gasteiger partial charge in [0.05, 0.1) is 7.11 Å². The topological polar surface area (TPSA) is 165 Å². The lowest BCUT2D eigenvalue weighted by molar-refractivity contribution is -0.270. The van der Waals surface area contributed by atoms with Gasteiger partial charge in [-0.2, -0.15) is 0 Å². The number of urea groups is 1. The summed E-state index contributed by atoms with van der Waals surface area (Å²) in [6.45, 7) is 4.08. The molecule has 192 valence electrons. The lowest BCUT2D eigenvalue weighted by atomic mass is 9.96. The van der Waals surface area contributed by atoms with E-state index >= 15 is 0 Å². The van der Waals surface area contributed by atoms with Crippen molar-refractivity contribution in [1.29, 1.82) is 0 Å². The predicted octanol–water partition coefficient (Wildman–Crippen LogP) is 0.900. The van der Waals surface area contributed by atoms with Gasteiger partial charge < -0.3 is 39.1 Å². The molecule has 0 aliphatic carbocycles. The number of esters is 4. The first-order chi connectivity index (χ1) is 16.5. The van der Waals surface area contributed by atoms with Crippen LogP contribution >= 0.6 is 0 Å². The zero-order chi connectivity index (χ0) is 26.1. The summed E-state index contributed by atoms with van der Waals surface area (Å²) in [6.07, 6.45) is -5.35. The van der Waals surface area contributed by atoms with E-state index in [0.29, 0.717) is 11.4 Å². The average molecular weight is 496 g/mol. The third kappa shape index (κ3) is 8.45. The summed E-state index contributed by atoms with van der Waals surface area (Å²) in [6, 6.07) is 4.40. The second-order valence-corrected chi connectivity index (χ2v) is 7.46. The van der Waals surface area contributed by atoms with Crippen molar-refractivity contribution in [3.63, 3.8) is 0 Å². The highest BCUT2D eigenvalue weighted by atomic mass is 16.7. The number of methoxy groups -OCH3 is 1. The largest absolute Gasteiger partial charge is 0.497 e. The number of ether oxygens (including phenoxy) is 6. The van der Waals surface area contributed by atoms with Crippen LogP contribution in [0.5, 0.6) is 5.75 Å². The van der Waals surface area contributed by atoms with Crippen molar-refractivity contribution in [2.45, 2.75) is 58.3 Å². The van der Waals surface area contributed by atoms with Crippen molar-refractivity contribution in [3.8, 4) is 5.75 Å². The Morgan fingerprint density at radius 2 is 1.51 bits per heavy atom. The number of hydrogen-bond donors (Lipinski definition) is 2. The molecule has 0 bridgehead atoms. The Morgan fingerprint density at radius 3 is 2.09 bits per heavy atom. The van der Waals surface area contributed by atoms with Gasteiger partial charge >= 0.3 is 29.9 Å². The molecule has 0 saturated carbocycles. The van der Waals surface area contributed by atoms with Crippen LogP contribution in [0.15, 0.2) is 24.3 Å². The number of carbonyl (C=O) groups excluding carboxylic acids is 5. The zero-order valence-electron chi connectivity index (χ0n) is 19.9. The van der Waals surface area contributed by atoms with Gasteiger partial charge in [-0.25, -0.2) is 4.79 Å². The van der Waals surface area contributed by atoms with E-state index in [2.05, 4.69) is 10.6 Å². The normalized spacial score (nSPS) is 23.3. The van der Waals surface area contributed by atoms with E-state index in [-0.39, 0.29) is 0 Å². The molecule has 2 N–H and O–H groups in total. The van der Waals surface area contributed by atoms with Crippen LogP contribution in [0.1, 0.15) is 27.7 Å². The SMILES string of the molecule is COc1cccc(NC(=O)NC2C(OC(C)=O)OC(COC(C)=O)C(OC(C)=O)C2OC(C)=O)c1. The van der Waals surface area contributed by atoms with Gasteiger partial charge in [-0.05, 0) is 12.1 Å². The van der Waals surface area contributed by atoms with Crippen molar-refractivity contribution in [2.24, 2.45) is 0 Å². The van der Waals surface area contributed by atoms with Crippen molar-refractivity contribution in [2.75, 3.05) is 19.0 Å². The second kappa shape index (κ2) is 12.6. The molecule has 0 aromatic heterocycles. The molecule has 1 heterocycles. The first-order valence-corrected chi connectivity index (χ1v) is 10.5. The molecule has 13 heteroatoms. The van der Waals surface area contributed by atoms with Crippen molar-refractivity contribution in [1.82, 2.24) is 5.32 Å². The molecule has 5 unspecified atom stereocenters. The summed E-state index contributed by atoms with van der Waals surface area (Å²) in [7, 11) is 1.47. The van der Waals surface area contributed by atoms with E-state index in [1.54, 1.807) is 24.3 Å². The number of carbonyl (C=O) groups is 5. The number of benzene rings is 1. The van der Waals surface area contributed by atoms with Crippen LogP contribution < -0.4 is 15.4 Å². The maximum Gasteiger partial charge on any atom is 0.319 e. The lowest BCUT2D eigenvalue weighted by Crippen LogP contribution is -2.67. The molecule has 13 nitrogen and oxygen atoms in total. The minimum Gasteiger partial charge on any atom is -0.497 e. The van der Waals surface area contributed by atoms with Crippen LogP contribution in [0, 0.1) is 0 Å². The summed E-state index contributed by atoms with van der Waals surface area (Å²) in [5.74, 6) is -2.46. The van der Waals surface area contributed by atoms with Crippen LogP contribution in [-0.4, -0.2) is 74.3 Å². The van der Waals surface area contributed by atoms with Gasteiger partial charge in [0.15, 0.2) is 12.2 Å². The van der Waals surface area contributed by atoms with Crippen LogP contribution in [-0.2, 0) is 42.9 Å². The molecule has 1 aliphatic rings. The third-order valence-electron chi connectivity index (χ3n) is 4.61. The number of amides is 2. The molecular formula is C22H28N2O11. The summed E-state index contributed by atoms with van der Waals surface area (Å²) < 4.78 is 31.7. The quantitative estimate of drug-likeness (QED) is 0.388. The Kier molecular flexibility index (Phi) is 9.82. The van der Waals surface area contributed by atoms with E-state index in [1.165, 1.54) is 7.11 Å². The molecule has 0 spiro atoms. The molecule has 1 aromatic carbocycles. The Labute approximate surface area is 201 Å². The predicted molar refractivity (Wildman–Crippen MR) is 117 cm³/mol. The lowest BCUT2D eigenvalue weighted by Gasteiger charge is -2.44. The Balaban J connectivity index is 2.37. The van der Waals surface area contributed by atoms with Crippen LogP contribution in [0.25, 0.3) is 0 Å². The van der Waals surface area contributed by atoms with Crippen LogP contribution in [0.3, 0.4) is 0 Å². The van der Waals surface area contributed by atoms with E-state index in [9.17, 15) is 24.0 Å². The van der Waals surface area contributed by atoms with Crippen LogP contribution in [0.2, 0.25) is 0 Å². The average Bonchev–Trinajstić information content (AvgIpc) is 2.75. The van der Waals surface area contributed by atoms with Gasteiger partial charge in [-0.1, -0.05) is 6.07 Å². The highest BCUT2D eigenvalue weighted by molar-refractivity contribution is 5.89. The molecule has 35 heavy (non-hydrogen) atoms. The summed E-state index contributed by atoms with van der Waals surface area (Å²) in [5, 5.41) is 5.11. The fourth-order valence-electron chi connectivity index (χ4n) is 3.34. The molecule has 1 aromatic rings. The summed E-state index contributed by atoms with van der Waals surface area (Å²) in [4.78, 5) is 59.6. The van der Waals surface area contributed by atoms with Crippen LogP contribution in [0.4, 0.5) is 10.5 Å². The number of hydrogen-bond acceptors (Lipinski definition) is 11. The van der Waals surface area contributed by atoms with Crippen molar-refractivity contribution in [3.05, 3.63) is 24.3 Å². The number of anilines is 1. The molecule has 1 aliphatic heterocycles. The summed E-state index contributed by atoms with van der Waals surface area (Å²) >= 11 is 0. The van der Waals surface area contributed by atoms with Crippen molar-refractivity contribution >= 4 is 35.6 Å². The number of nitrogens with one attached hydrogen (secondary N) is 2. The maximum atomic E-state index is 12.8. The van der Waals surface area contributed by atoms with Gasteiger partial charge in [0.2, 0.25) is 6.29 Å². The van der Waals surface area contributed by atoms with Gasteiger partial charge in [-0.3, -0.25) is 19.2 Å². The molecule has 1 fully saturated rings. The Hall–Kier alpha value is -3.87. The van der Waals surface area contributed by atoms with Gasteiger partial charge in [0.25, 0.3) is 0 Å². The Morgan fingerprint density at radius 1 is 0.886 bits per heavy atom. The molecule has 2 rings (SSSR count). The molecule has 5 atom stereocenters. The molecular weight excluding hydrogens is 468 g/mol. The first-order valence-electron chi connectivity index (χ1n) is 10.5. The van der Waals surface area contributed by atoms with Crippen molar-refractivity contribution < 1.29 is 52.4 Å². The number of rotatable bonds is 8. The maximum absolute atomic E-state index is 12.8. The Bertz CT molecular complexity index is 951. The van der Waals surface area contributed by atoms with E-state index in [0.717, 1.165) is 27.7 Å². The molecule has 2 amide bonds. The minimum absolute atomic E-state index is 0.371. The smallest absolute Gasteiger partial charge is 0.319 e. The fraction of sp³-hybridized carbons (Fsp3) is 0.500. The van der Waals surface area contributed by atoms with E-state index in [1.807, 2.05) is 0 Å². The zero-order valence-corrected chi connectivity index (χ0v) is 19.9. The second-order valence-electron chi connectivity index (χ2n) is 7.46. The van der Waals surface area contributed by atoms with E-state index < -0.39 is 67.2 Å². The monoisotopic (exact) mass is 496 g/mol. The standard InChI is InChI=1S/C22H28N2O11/c1-11(25)31-10-17-19(32-12(2)26)20(33-13(3)27)18(21(35-17)34-14(4)28)24-22(29)23-15-7-6-8-16(9-15)30-5/h6-9,17-21H,10H2,1-5H3,(H2,23,24,29). The van der Waals surface area contributed by atoms with Gasteiger partial charge in [0.1, 0.15) is 24.5 Å².